The fourth-order valence-electron chi connectivity index (χ4n) is 0.815. The Hall–Kier alpha value is -0.700. The van der Waals surface area contributed by atoms with Crippen molar-refractivity contribution in [2.75, 3.05) is 5.88 Å². The van der Waals surface area contributed by atoms with Crippen molar-refractivity contribution in [2.45, 2.75) is 0 Å². The lowest BCUT2D eigenvalue weighted by molar-refractivity contribution is 0.452. The van der Waals surface area contributed by atoms with E-state index in [4.69, 9.17) is 0 Å². The Morgan fingerprint density at radius 3 is 3.56 bits per heavy atom. The van der Waals surface area contributed by atoms with E-state index in [1.807, 2.05) is 17.3 Å². The van der Waals surface area contributed by atoms with Crippen molar-refractivity contribution in [3.05, 3.63) is 23.3 Å². The average Bonchev–Trinajstić information content (AvgIpc) is 2.33. The lowest BCUT2D eigenvalue weighted by Crippen LogP contribution is -2.12. The number of allylic oxidation sites excluding steroid dienone is 2. The Bertz CT molecular complexity index is 202. The maximum absolute atomic E-state index is 4.12. The Labute approximate surface area is 57.9 Å². The minimum absolute atomic E-state index is 0.968. The van der Waals surface area contributed by atoms with Gasteiger partial charge in [0, 0.05) is 6.21 Å². The molecule has 0 bridgehead atoms. The van der Waals surface area contributed by atoms with Crippen LogP contribution in [0.4, 0.5) is 0 Å². The van der Waals surface area contributed by atoms with Crippen molar-refractivity contribution in [3.63, 3.8) is 0 Å². The number of rotatable bonds is 0. The highest BCUT2D eigenvalue weighted by Crippen LogP contribution is 2.25. The minimum atomic E-state index is 0.968. The quantitative estimate of drug-likeness (QED) is 0.502. The highest BCUT2D eigenvalue weighted by atomic mass is 32.2. The van der Waals surface area contributed by atoms with Gasteiger partial charge in [-0.1, -0.05) is 0 Å². The molecule has 9 heavy (non-hydrogen) atoms. The van der Waals surface area contributed by atoms with Gasteiger partial charge in [-0.25, -0.2) is 0 Å². The van der Waals surface area contributed by atoms with Crippen LogP contribution in [0.1, 0.15) is 0 Å². The van der Waals surface area contributed by atoms with E-state index in [1.54, 1.807) is 11.8 Å². The predicted molar refractivity (Wildman–Crippen MR) is 40.0 cm³/mol. The Morgan fingerprint density at radius 1 is 1.67 bits per heavy atom. The molecule has 0 unspecified atom stereocenters. The summed E-state index contributed by atoms with van der Waals surface area (Å²) in [6.45, 7) is 0. The third kappa shape index (κ3) is 0.772. The standard InChI is InChI=1S/C6H6N2S/c1-2-6-4-9-5-8(6)7-3-1/h1-4H,5H2. The van der Waals surface area contributed by atoms with E-state index in [0.717, 1.165) is 5.88 Å². The van der Waals surface area contributed by atoms with Crippen LogP contribution in [0.15, 0.2) is 28.4 Å². The van der Waals surface area contributed by atoms with Crippen LogP contribution in [0.25, 0.3) is 0 Å². The Kier molecular flexibility index (Phi) is 1.09. The van der Waals surface area contributed by atoms with E-state index in [9.17, 15) is 0 Å². The molecule has 0 aromatic carbocycles. The number of hydrogen-bond donors (Lipinski definition) is 0. The van der Waals surface area contributed by atoms with Gasteiger partial charge in [-0.15, -0.1) is 11.8 Å². The summed E-state index contributed by atoms with van der Waals surface area (Å²) < 4.78 is 0. The second-order valence-corrected chi connectivity index (χ2v) is 2.69. The molecule has 0 N–H and O–H groups in total. The van der Waals surface area contributed by atoms with Gasteiger partial charge < -0.3 is 0 Å². The molecular weight excluding hydrogens is 132 g/mol. The normalized spacial score (nSPS) is 22.2. The zero-order chi connectivity index (χ0) is 6.10. The first-order valence-corrected chi connectivity index (χ1v) is 3.82. The molecule has 0 aromatic heterocycles. The summed E-state index contributed by atoms with van der Waals surface area (Å²) in [7, 11) is 0. The molecule has 0 atom stereocenters. The van der Waals surface area contributed by atoms with E-state index in [1.165, 1.54) is 5.70 Å². The lowest BCUT2D eigenvalue weighted by Gasteiger charge is -2.13. The van der Waals surface area contributed by atoms with Gasteiger partial charge in [0.2, 0.25) is 0 Å². The van der Waals surface area contributed by atoms with Crippen LogP contribution in [-0.4, -0.2) is 17.1 Å². The van der Waals surface area contributed by atoms with Crippen LogP contribution in [0, 0.1) is 0 Å². The fourth-order valence-corrected chi connectivity index (χ4v) is 1.62. The monoisotopic (exact) mass is 138 g/mol. The van der Waals surface area contributed by atoms with Gasteiger partial charge in [0.15, 0.2) is 0 Å². The first-order valence-electron chi connectivity index (χ1n) is 2.77. The van der Waals surface area contributed by atoms with Crippen LogP contribution in [0.2, 0.25) is 0 Å². The molecule has 0 amide bonds. The molecule has 0 radical (unpaired) electrons. The van der Waals surface area contributed by atoms with Gasteiger partial charge in [-0.3, -0.25) is 5.01 Å². The fraction of sp³-hybridized carbons (Fsp3) is 0.167. The number of thioether (sulfide) groups is 1. The van der Waals surface area contributed by atoms with Gasteiger partial charge in [0.1, 0.15) is 0 Å². The van der Waals surface area contributed by atoms with Gasteiger partial charge >= 0.3 is 0 Å². The van der Waals surface area contributed by atoms with E-state index < -0.39 is 0 Å². The van der Waals surface area contributed by atoms with Crippen molar-refractivity contribution < 1.29 is 0 Å². The highest BCUT2D eigenvalue weighted by molar-refractivity contribution is 8.02. The van der Waals surface area contributed by atoms with Crippen LogP contribution in [-0.2, 0) is 0 Å². The van der Waals surface area contributed by atoms with Crippen molar-refractivity contribution in [3.8, 4) is 0 Å². The second kappa shape index (κ2) is 1.92. The third-order valence-electron chi connectivity index (χ3n) is 1.26. The number of hydrogen-bond acceptors (Lipinski definition) is 3. The van der Waals surface area contributed by atoms with E-state index >= 15 is 0 Å². The summed E-state index contributed by atoms with van der Waals surface area (Å²) in [5.74, 6) is 0.968. The SMILES string of the molecule is C1=CC2=CSCN2N=C1. The number of nitrogens with zero attached hydrogens (tertiary/aromatic N) is 2. The first-order chi connectivity index (χ1) is 4.47. The van der Waals surface area contributed by atoms with Crippen molar-refractivity contribution in [1.82, 2.24) is 5.01 Å². The van der Waals surface area contributed by atoms with Crippen LogP contribution in [0.3, 0.4) is 0 Å². The Morgan fingerprint density at radius 2 is 2.67 bits per heavy atom. The molecule has 2 aliphatic heterocycles. The summed E-state index contributed by atoms with van der Waals surface area (Å²) in [5, 5.41) is 8.22. The molecule has 46 valence electrons. The zero-order valence-electron chi connectivity index (χ0n) is 4.82. The molecule has 0 aromatic rings. The minimum Gasteiger partial charge on any atom is -0.255 e. The van der Waals surface area contributed by atoms with Crippen molar-refractivity contribution in [2.24, 2.45) is 5.10 Å². The average molecular weight is 138 g/mol. The van der Waals surface area contributed by atoms with Crippen molar-refractivity contribution in [1.29, 1.82) is 0 Å². The van der Waals surface area contributed by atoms with E-state index in [2.05, 4.69) is 16.6 Å². The largest absolute Gasteiger partial charge is 0.255 e. The molecule has 0 saturated carbocycles. The summed E-state index contributed by atoms with van der Waals surface area (Å²) in [5.41, 5.74) is 1.21. The summed E-state index contributed by atoms with van der Waals surface area (Å²) >= 11 is 1.78. The molecule has 0 spiro atoms. The molecule has 2 heterocycles. The zero-order valence-corrected chi connectivity index (χ0v) is 5.64. The molecule has 0 aliphatic carbocycles. The van der Waals surface area contributed by atoms with E-state index in [-0.39, 0.29) is 0 Å². The molecule has 0 fully saturated rings. The topological polar surface area (TPSA) is 15.6 Å². The van der Waals surface area contributed by atoms with Gasteiger partial charge in [0.25, 0.3) is 0 Å². The van der Waals surface area contributed by atoms with Crippen molar-refractivity contribution >= 4 is 18.0 Å². The molecule has 0 saturated heterocycles. The number of fused-ring (bicyclic) bond motifs is 1. The van der Waals surface area contributed by atoms with Gasteiger partial charge in [-0.05, 0) is 17.6 Å². The summed E-state index contributed by atoms with van der Waals surface area (Å²) in [6.07, 6.45) is 5.82. The highest BCUT2D eigenvalue weighted by Gasteiger charge is 2.12. The number of hydrazone groups is 1. The lowest BCUT2D eigenvalue weighted by atomic mass is 10.4. The Balaban J connectivity index is 2.33. The predicted octanol–water partition coefficient (Wildman–Crippen LogP) is 1.39. The molecule has 2 aliphatic rings. The van der Waals surface area contributed by atoms with Crippen LogP contribution in [0.5, 0.6) is 0 Å². The van der Waals surface area contributed by atoms with Gasteiger partial charge in [0.05, 0.1) is 11.6 Å². The maximum Gasteiger partial charge on any atom is 0.0911 e. The third-order valence-corrected chi connectivity index (χ3v) is 2.06. The smallest absolute Gasteiger partial charge is 0.0911 e. The first kappa shape index (κ1) is 5.11. The van der Waals surface area contributed by atoms with Gasteiger partial charge in [-0.2, -0.15) is 5.10 Å². The second-order valence-electron chi connectivity index (χ2n) is 1.86. The maximum atomic E-state index is 4.12. The molecule has 2 rings (SSSR count). The summed E-state index contributed by atoms with van der Waals surface area (Å²) in [4.78, 5) is 0. The van der Waals surface area contributed by atoms with Crippen LogP contribution < -0.4 is 0 Å². The van der Waals surface area contributed by atoms with Crippen LogP contribution >= 0.6 is 11.8 Å². The summed E-state index contributed by atoms with van der Waals surface area (Å²) in [6, 6.07) is 0. The van der Waals surface area contributed by atoms with E-state index in [0.29, 0.717) is 0 Å². The molecule has 2 nitrogen and oxygen atoms in total. The molecule has 3 heteroatoms. The molecular formula is C6H6N2S.